The summed E-state index contributed by atoms with van der Waals surface area (Å²) in [7, 11) is -3.39. The monoisotopic (exact) mass is 420 g/mol. The molecule has 0 aliphatic carbocycles. The highest BCUT2D eigenvalue weighted by Crippen LogP contribution is 2.29. The van der Waals surface area contributed by atoms with Crippen LogP contribution in [0, 0.1) is 11.3 Å². The molecule has 1 aliphatic rings. The van der Waals surface area contributed by atoms with Crippen LogP contribution >= 0.6 is 0 Å². The third-order valence-electron chi connectivity index (χ3n) is 4.77. The Balaban J connectivity index is 1.59. The molecule has 1 aliphatic heterocycles. The number of anilines is 1. The number of furan rings is 1. The standard InChI is InChI=1S/C19H24N4O5S/c1-2-3-4-12-29(25,26)14-17(24)22-7-9-23(10-8-22)19-15(13-20)21-18(28-19)16-6-5-11-27-16/h5-6,11H,2-4,7-10,12,14H2,1H3. The number of aromatic nitrogens is 1. The van der Waals surface area contributed by atoms with Gasteiger partial charge in [-0.05, 0) is 18.6 Å². The molecule has 1 amide bonds. The zero-order valence-electron chi connectivity index (χ0n) is 16.3. The quantitative estimate of drug-likeness (QED) is 0.595. The van der Waals surface area contributed by atoms with Crippen LogP contribution in [0.3, 0.4) is 0 Å². The molecule has 3 heterocycles. The summed E-state index contributed by atoms with van der Waals surface area (Å²) in [6.07, 6.45) is 3.84. The van der Waals surface area contributed by atoms with Gasteiger partial charge in [0.2, 0.25) is 17.5 Å². The molecule has 0 aromatic carbocycles. The average Bonchev–Trinajstić information content (AvgIpc) is 3.37. The van der Waals surface area contributed by atoms with Crippen molar-refractivity contribution in [2.75, 3.05) is 42.6 Å². The number of piperazine rings is 1. The van der Waals surface area contributed by atoms with E-state index < -0.39 is 15.6 Å². The van der Waals surface area contributed by atoms with Crippen LogP contribution in [0.4, 0.5) is 5.88 Å². The SMILES string of the molecule is CCCCCS(=O)(=O)CC(=O)N1CCN(c2oc(-c3ccco3)nc2C#N)CC1. The fourth-order valence-corrected chi connectivity index (χ4v) is 4.53. The number of nitrogens with zero attached hydrogens (tertiary/aromatic N) is 4. The number of nitriles is 1. The van der Waals surface area contributed by atoms with Gasteiger partial charge >= 0.3 is 0 Å². The first-order valence-electron chi connectivity index (χ1n) is 9.61. The van der Waals surface area contributed by atoms with Gasteiger partial charge < -0.3 is 18.6 Å². The minimum Gasteiger partial charge on any atom is -0.459 e. The minimum absolute atomic E-state index is 0.0473. The number of rotatable bonds is 8. The van der Waals surface area contributed by atoms with Crippen LogP contribution in [0.15, 0.2) is 27.2 Å². The predicted octanol–water partition coefficient (Wildman–Crippen LogP) is 2.06. The zero-order valence-corrected chi connectivity index (χ0v) is 17.2. The lowest BCUT2D eigenvalue weighted by atomic mass is 10.3. The predicted molar refractivity (Wildman–Crippen MR) is 106 cm³/mol. The van der Waals surface area contributed by atoms with Crippen LogP contribution in [-0.4, -0.2) is 61.9 Å². The fourth-order valence-electron chi connectivity index (χ4n) is 3.19. The first-order valence-corrected chi connectivity index (χ1v) is 11.4. The van der Waals surface area contributed by atoms with Crippen molar-refractivity contribution in [3.8, 4) is 17.7 Å². The molecule has 0 spiro atoms. The number of carbonyl (C=O) groups is 1. The molecule has 3 rings (SSSR count). The number of hydrogen-bond donors (Lipinski definition) is 0. The number of hydrogen-bond acceptors (Lipinski definition) is 8. The van der Waals surface area contributed by atoms with Crippen molar-refractivity contribution in [2.24, 2.45) is 0 Å². The first-order chi connectivity index (χ1) is 13.9. The molecule has 0 N–H and O–H groups in total. The fraction of sp³-hybridized carbons (Fsp3) is 0.526. The molecular formula is C19H24N4O5S. The second-order valence-electron chi connectivity index (χ2n) is 6.93. The van der Waals surface area contributed by atoms with Crippen LogP contribution in [-0.2, 0) is 14.6 Å². The van der Waals surface area contributed by atoms with Crippen molar-refractivity contribution in [3.63, 3.8) is 0 Å². The normalized spacial score (nSPS) is 14.8. The number of oxazole rings is 1. The number of unbranched alkanes of at least 4 members (excludes halogenated alkanes) is 2. The van der Waals surface area contributed by atoms with E-state index in [0.717, 1.165) is 12.8 Å². The highest BCUT2D eigenvalue weighted by Gasteiger charge is 2.28. The topological polar surface area (TPSA) is 121 Å². The van der Waals surface area contributed by atoms with E-state index in [1.54, 1.807) is 17.0 Å². The summed E-state index contributed by atoms with van der Waals surface area (Å²) in [5.41, 5.74) is 0.148. The molecule has 2 aromatic rings. The Kier molecular flexibility index (Phi) is 6.59. The van der Waals surface area contributed by atoms with E-state index in [9.17, 15) is 18.5 Å². The van der Waals surface area contributed by atoms with Gasteiger partial charge in [-0.2, -0.15) is 10.2 Å². The van der Waals surface area contributed by atoms with Crippen LogP contribution in [0.1, 0.15) is 31.9 Å². The molecule has 0 atom stereocenters. The summed E-state index contributed by atoms with van der Waals surface area (Å²) in [6, 6.07) is 5.41. The number of amides is 1. The minimum atomic E-state index is -3.39. The van der Waals surface area contributed by atoms with Gasteiger partial charge in [-0.1, -0.05) is 19.8 Å². The molecule has 0 bridgehead atoms. The molecule has 0 unspecified atom stereocenters. The van der Waals surface area contributed by atoms with Crippen LogP contribution in [0.2, 0.25) is 0 Å². The van der Waals surface area contributed by atoms with Gasteiger partial charge in [-0.25, -0.2) is 8.42 Å². The average molecular weight is 420 g/mol. The van der Waals surface area contributed by atoms with Crippen molar-refractivity contribution in [2.45, 2.75) is 26.2 Å². The Labute approximate surface area is 169 Å². The molecule has 1 saturated heterocycles. The van der Waals surface area contributed by atoms with Crippen molar-refractivity contribution < 1.29 is 22.0 Å². The first kappa shape index (κ1) is 20.9. The lowest BCUT2D eigenvalue weighted by Gasteiger charge is -2.34. The highest BCUT2D eigenvalue weighted by molar-refractivity contribution is 7.92. The lowest BCUT2D eigenvalue weighted by Crippen LogP contribution is -2.50. The van der Waals surface area contributed by atoms with E-state index in [1.807, 2.05) is 17.9 Å². The second-order valence-corrected chi connectivity index (χ2v) is 9.11. The Morgan fingerprint density at radius 2 is 2.03 bits per heavy atom. The summed E-state index contributed by atoms with van der Waals surface area (Å²) in [5, 5.41) is 9.36. The van der Waals surface area contributed by atoms with Gasteiger partial charge in [0.25, 0.3) is 5.89 Å². The lowest BCUT2D eigenvalue weighted by molar-refractivity contribution is -0.128. The summed E-state index contributed by atoms with van der Waals surface area (Å²) >= 11 is 0. The van der Waals surface area contributed by atoms with Crippen molar-refractivity contribution in [1.29, 1.82) is 5.26 Å². The molecular weight excluding hydrogens is 396 g/mol. The molecule has 9 nitrogen and oxygen atoms in total. The highest BCUT2D eigenvalue weighted by atomic mass is 32.2. The maximum atomic E-state index is 12.4. The molecule has 10 heteroatoms. The smallest absolute Gasteiger partial charge is 0.266 e. The van der Waals surface area contributed by atoms with Crippen molar-refractivity contribution in [3.05, 3.63) is 24.1 Å². The molecule has 0 radical (unpaired) electrons. The maximum Gasteiger partial charge on any atom is 0.266 e. The maximum absolute atomic E-state index is 12.4. The van der Waals surface area contributed by atoms with Crippen molar-refractivity contribution in [1.82, 2.24) is 9.88 Å². The Morgan fingerprint density at radius 3 is 2.66 bits per heavy atom. The Bertz CT molecular complexity index is 967. The van der Waals surface area contributed by atoms with Gasteiger partial charge in [-0.3, -0.25) is 4.79 Å². The molecule has 29 heavy (non-hydrogen) atoms. The summed E-state index contributed by atoms with van der Waals surface area (Å²) in [6.45, 7) is 3.54. The van der Waals surface area contributed by atoms with Crippen LogP contribution in [0.5, 0.6) is 0 Å². The Morgan fingerprint density at radius 1 is 1.28 bits per heavy atom. The Hall–Kier alpha value is -2.80. The van der Waals surface area contributed by atoms with E-state index in [4.69, 9.17) is 8.83 Å². The van der Waals surface area contributed by atoms with E-state index >= 15 is 0 Å². The zero-order chi connectivity index (χ0) is 20.9. The van der Waals surface area contributed by atoms with Gasteiger partial charge in [0.05, 0.1) is 12.0 Å². The summed E-state index contributed by atoms with van der Waals surface area (Å²) in [4.78, 5) is 19.9. The second kappa shape index (κ2) is 9.13. The molecule has 156 valence electrons. The number of carbonyl (C=O) groups excluding carboxylic acids is 1. The van der Waals surface area contributed by atoms with Gasteiger partial charge in [0.15, 0.2) is 15.6 Å². The van der Waals surface area contributed by atoms with Crippen molar-refractivity contribution >= 4 is 21.6 Å². The molecule has 1 fully saturated rings. The molecule has 2 aromatic heterocycles. The van der Waals surface area contributed by atoms with Crippen LogP contribution in [0.25, 0.3) is 11.7 Å². The third kappa shape index (κ3) is 5.17. The van der Waals surface area contributed by atoms with E-state index in [-0.39, 0.29) is 23.2 Å². The van der Waals surface area contributed by atoms with E-state index in [2.05, 4.69) is 4.98 Å². The van der Waals surface area contributed by atoms with E-state index in [0.29, 0.717) is 44.2 Å². The number of sulfone groups is 1. The summed E-state index contributed by atoms with van der Waals surface area (Å²) in [5.74, 6) is 0.193. The molecule has 0 saturated carbocycles. The van der Waals surface area contributed by atoms with E-state index in [1.165, 1.54) is 6.26 Å². The van der Waals surface area contributed by atoms with Gasteiger partial charge in [0, 0.05) is 26.2 Å². The van der Waals surface area contributed by atoms with Gasteiger partial charge in [0.1, 0.15) is 11.8 Å². The van der Waals surface area contributed by atoms with Crippen LogP contribution < -0.4 is 4.90 Å². The third-order valence-corrected chi connectivity index (χ3v) is 6.37. The summed E-state index contributed by atoms with van der Waals surface area (Å²) < 4.78 is 35.2. The van der Waals surface area contributed by atoms with Gasteiger partial charge in [-0.15, -0.1) is 0 Å². The largest absolute Gasteiger partial charge is 0.459 e.